The normalized spacial score (nSPS) is 11.5. The molecule has 3 aromatic rings. The Morgan fingerprint density at radius 2 is 1.75 bits per heavy atom. The highest BCUT2D eigenvalue weighted by atomic mass is 35.5. The average Bonchev–Trinajstić information content (AvgIpc) is 2.76. The average molecular weight is 489 g/mol. The quantitative estimate of drug-likeness (QED) is 0.363. The van der Waals surface area contributed by atoms with Crippen molar-refractivity contribution in [2.45, 2.75) is 24.0 Å². The summed E-state index contributed by atoms with van der Waals surface area (Å²) in [5.41, 5.74) is 2.50. The Hall–Kier alpha value is -2.67. The Kier molecular flexibility index (Phi) is 8.07. The van der Waals surface area contributed by atoms with Gasteiger partial charge < -0.3 is 15.4 Å². The smallest absolute Gasteiger partial charge is 0.255 e. The van der Waals surface area contributed by atoms with Crippen LogP contribution in [0.15, 0.2) is 65.6 Å². The maximum atomic E-state index is 12.8. The lowest BCUT2D eigenvalue weighted by molar-refractivity contribution is -0.115. The molecule has 32 heavy (non-hydrogen) atoms. The minimum atomic E-state index is -0.394. The van der Waals surface area contributed by atoms with Crippen molar-refractivity contribution in [2.24, 2.45) is 0 Å². The summed E-state index contributed by atoms with van der Waals surface area (Å²) in [6.07, 6.45) is 0. The number of hydrogen-bond donors (Lipinski definition) is 2. The van der Waals surface area contributed by atoms with Crippen LogP contribution < -0.4 is 15.4 Å². The molecule has 0 aromatic heterocycles. The van der Waals surface area contributed by atoms with Crippen molar-refractivity contribution in [1.82, 2.24) is 0 Å². The lowest BCUT2D eigenvalue weighted by atomic mass is 10.2. The summed E-state index contributed by atoms with van der Waals surface area (Å²) in [6.45, 7) is 3.67. The molecule has 0 saturated carbocycles. The van der Waals surface area contributed by atoms with Crippen LogP contribution in [0, 0.1) is 6.92 Å². The molecule has 3 rings (SSSR count). The number of hydrogen-bond acceptors (Lipinski definition) is 4. The van der Waals surface area contributed by atoms with E-state index in [-0.39, 0.29) is 11.8 Å². The molecule has 3 aromatic carbocycles. The van der Waals surface area contributed by atoms with Crippen LogP contribution in [0.4, 0.5) is 11.4 Å². The second-order valence-electron chi connectivity index (χ2n) is 7.04. The van der Waals surface area contributed by atoms with E-state index in [4.69, 9.17) is 27.9 Å². The second-order valence-corrected chi connectivity index (χ2v) is 9.30. The van der Waals surface area contributed by atoms with Gasteiger partial charge in [-0.15, -0.1) is 11.8 Å². The molecule has 166 valence electrons. The summed E-state index contributed by atoms with van der Waals surface area (Å²) < 4.78 is 5.32. The molecule has 0 saturated heterocycles. The van der Waals surface area contributed by atoms with Gasteiger partial charge >= 0.3 is 0 Å². The highest BCUT2D eigenvalue weighted by Gasteiger charge is 2.18. The number of rotatable bonds is 7. The molecule has 1 unspecified atom stereocenters. The molecule has 1 atom stereocenters. The number of methoxy groups -OCH3 is 1. The molecule has 0 spiro atoms. The molecular weight excluding hydrogens is 467 g/mol. The predicted octanol–water partition coefficient (Wildman–Crippen LogP) is 6.68. The second kappa shape index (κ2) is 10.8. The summed E-state index contributed by atoms with van der Waals surface area (Å²) >= 11 is 13.5. The van der Waals surface area contributed by atoms with Gasteiger partial charge in [0.1, 0.15) is 5.75 Å². The van der Waals surface area contributed by atoms with Gasteiger partial charge in [0.05, 0.1) is 18.0 Å². The van der Waals surface area contributed by atoms with Crippen LogP contribution >= 0.6 is 35.0 Å². The van der Waals surface area contributed by atoms with Crippen molar-refractivity contribution < 1.29 is 14.3 Å². The molecule has 0 aliphatic carbocycles. The Labute approximate surface area is 201 Å². The van der Waals surface area contributed by atoms with Crippen molar-refractivity contribution in [2.75, 3.05) is 17.7 Å². The third-order valence-corrected chi connectivity index (χ3v) is 6.34. The number of anilines is 2. The number of benzene rings is 3. The SMILES string of the molecule is COc1cc(Cl)c(C)cc1NC(=O)C(C)Sc1cccc(NC(=O)c2cccc(Cl)c2)c1. The molecule has 0 aliphatic rings. The monoisotopic (exact) mass is 488 g/mol. The Morgan fingerprint density at radius 1 is 1.00 bits per heavy atom. The van der Waals surface area contributed by atoms with Crippen LogP contribution in [0.5, 0.6) is 5.75 Å². The van der Waals surface area contributed by atoms with Gasteiger partial charge in [-0.1, -0.05) is 35.3 Å². The first kappa shape index (κ1) is 24.0. The zero-order chi connectivity index (χ0) is 23.3. The third-order valence-electron chi connectivity index (χ3n) is 4.60. The first-order chi connectivity index (χ1) is 15.3. The maximum absolute atomic E-state index is 12.8. The standard InChI is InChI=1S/C24H22Cl2N2O3S/c1-14-10-21(22(31-3)13-20(14)26)28-23(29)15(2)32-19-9-5-8-18(12-19)27-24(30)16-6-4-7-17(25)11-16/h4-13,15H,1-3H3,(H,27,30)(H,28,29). The molecule has 2 N–H and O–H groups in total. The van der Waals surface area contributed by atoms with E-state index in [0.717, 1.165) is 10.5 Å². The van der Waals surface area contributed by atoms with Gasteiger partial charge in [-0.05, 0) is 61.9 Å². The highest BCUT2D eigenvalue weighted by molar-refractivity contribution is 8.00. The van der Waals surface area contributed by atoms with Crippen LogP contribution in [0.1, 0.15) is 22.8 Å². The first-order valence-corrected chi connectivity index (χ1v) is 11.4. The number of amides is 2. The van der Waals surface area contributed by atoms with Gasteiger partial charge in [0.15, 0.2) is 0 Å². The van der Waals surface area contributed by atoms with Gasteiger partial charge in [-0.3, -0.25) is 9.59 Å². The van der Waals surface area contributed by atoms with Gasteiger partial charge in [-0.2, -0.15) is 0 Å². The van der Waals surface area contributed by atoms with E-state index >= 15 is 0 Å². The molecule has 0 radical (unpaired) electrons. The fourth-order valence-electron chi connectivity index (χ4n) is 2.90. The molecular formula is C24H22Cl2N2O3S. The number of carbonyl (C=O) groups is 2. The molecule has 0 heterocycles. The maximum Gasteiger partial charge on any atom is 0.255 e. The lowest BCUT2D eigenvalue weighted by Crippen LogP contribution is -2.22. The first-order valence-electron chi connectivity index (χ1n) is 9.75. The fourth-order valence-corrected chi connectivity index (χ4v) is 4.17. The molecule has 5 nitrogen and oxygen atoms in total. The van der Waals surface area contributed by atoms with E-state index in [1.54, 1.807) is 42.5 Å². The zero-order valence-electron chi connectivity index (χ0n) is 17.7. The fraction of sp³-hybridized carbons (Fsp3) is 0.167. The van der Waals surface area contributed by atoms with E-state index < -0.39 is 5.25 Å². The summed E-state index contributed by atoms with van der Waals surface area (Å²) in [5, 5.41) is 6.42. The summed E-state index contributed by atoms with van der Waals surface area (Å²) in [4.78, 5) is 26.1. The number of carbonyl (C=O) groups excluding carboxylic acids is 2. The van der Waals surface area contributed by atoms with Gasteiger partial charge in [-0.25, -0.2) is 0 Å². The molecule has 8 heteroatoms. The van der Waals surface area contributed by atoms with Gasteiger partial charge in [0.2, 0.25) is 5.91 Å². The summed E-state index contributed by atoms with van der Waals surface area (Å²) in [5.74, 6) is 0.0610. The van der Waals surface area contributed by atoms with Crippen molar-refractivity contribution in [1.29, 1.82) is 0 Å². The number of nitrogens with one attached hydrogen (secondary N) is 2. The molecule has 2 amide bonds. The van der Waals surface area contributed by atoms with E-state index in [1.165, 1.54) is 18.9 Å². The number of ether oxygens (including phenoxy) is 1. The van der Waals surface area contributed by atoms with Crippen LogP contribution in [0.3, 0.4) is 0 Å². The molecule has 0 fully saturated rings. The van der Waals surface area contributed by atoms with Crippen molar-refractivity contribution in [3.63, 3.8) is 0 Å². The van der Waals surface area contributed by atoms with Crippen molar-refractivity contribution in [3.8, 4) is 5.75 Å². The topological polar surface area (TPSA) is 67.4 Å². The molecule has 0 aliphatic heterocycles. The minimum absolute atomic E-state index is 0.177. The van der Waals surface area contributed by atoms with Gasteiger partial charge in [0, 0.05) is 32.3 Å². The Morgan fingerprint density at radius 3 is 2.47 bits per heavy atom. The van der Waals surface area contributed by atoms with Crippen LogP contribution in [-0.2, 0) is 4.79 Å². The van der Waals surface area contributed by atoms with E-state index in [1.807, 2.05) is 32.0 Å². The number of halogens is 2. The highest BCUT2D eigenvalue weighted by Crippen LogP contribution is 2.32. The lowest BCUT2D eigenvalue weighted by Gasteiger charge is -2.16. The minimum Gasteiger partial charge on any atom is -0.495 e. The van der Waals surface area contributed by atoms with E-state index in [9.17, 15) is 9.59 Å². The Bertz CT molecular complexity index is 1150. The molecule has 0 bridgehead atoms. The number of aryl methyl sites for hydroxylation is 1. The van der Waals surface area contributed by atoms with Crippen LogP contribution in [0.25, 0.3) is 0 Å². The van der Waals surface area contributed by atoms with E-state index in [2.05, 4.69) is 10.6 Å². The summed E-state index contributed by atoms with van der Waals surface area (Å²) in [7, 11) is 1.53. The predicted molar refractivity (Wildman–Crippen MR) is 133 cm³/mol. The van der Waals surface area contributed by atoms with Crippen LogP contribution in [-0.4, -0.2) is 24.2 Å². The zero-order valence-corrected chi connectivity index (χ0v) is 20.1. The third kappa shape index (κ3) is 6.19. The van der Waals surface area contributed by atoms with Gasteiger partial charge in [0.25, 0.3) is 5.91 Å². The largest absolute Gasteiger partial charge is 0.495 e. The van der Waals surface area contributed by atoms with E-state index in [0.29, 0.717) is 32.7 Å². The van der Waals surface area contributed by atoms with Crippen molar-refractivity contribution in [3.05, 3.63) is 81.8 Å². The van der Waals surface area contributed by atoms with Crippen LogP contribution in [0.2, 0.25) is 10.0 Å². The van der Waals surface area contributed by atoms with Crippen molar-refractivity contribution >= 4 is 58.2 Å². The Balaban J connectivity index is 1.66. The summed E-state index contributed by atoms with van der Waals surface area (Å²) in [6, 6.07) is 17.5. The number of thioether (sulfide) groups is 1.